The number of halogens is 3. The molecule has 14 N–H and O–H groups in total. The Morgan fingerprint density at radius 3 is 1.16 bits per heavy atom. The molecule has 0 spiro atoms. The molecule has 26 heteroatoms. The summed E-state index contributed by atoms with van der Waals surface area (Å²) in [4.78, 5) is 47.3. The van der Waals surface area contributed by atoms with E-state index in [0.717, 1.165) is 149 Å². The first-order valence-corrected chi connectivity index (χ1v) is 41.1. The summed E-state index contributed by atoms with van der Waals surface area (Å²) in [6.07, 6.45) is 23.7. The number of likely N-dealkylation sites (N-methyl/N-ethyl adjacent to an activating group) is 4. The number of carbonyl (C=O) groups is 2. The van der Waals surface area contributed by atoms with E-state index < -0.39 is 18.0 Å². The normalized spacial score (nSPS) is 21.9. The molecule has 614 valence electrons. The first-order chi connectivity index (χ1) is 46.8. The van der Waals surface area contributed by atoms with E-state index in [9.17, 15) is 9.59 Å². The van der Waals surface area contributed by atoms with Crippen LogP contribution in [0.1, 0.15) is 267 Å². The average Bonchev–Trinajstić information content (AvgIpc) is 1.59. The topological polar surface area (TPSA) is 310 Å². The number of nitrogens with one attached hydrogen (secondary N) is 3. The summed E-state index contributed by atoms with van der Waals surface area (Å²) in [5.41, 5.74) is 23.4. The molecule has 0 aromatic heterocycles. The number of nitrogens with zero attached hydrogens (tertiary/aromatic N) is 8. The molecule has 0 radical (unpaired) electrons. The third kappa shape index (κ3) is 62.9. The average molecular weight is 1670 g/mol. The molecular weight excluding hydrogens is 1500 g/mol. The maximum Gasteiger partial charge on any atom is 1.00 e. The van der Waals surface area contributed by atoms with Crippen molar-refractivity contribution in [3.8, 4) is 0 Å². The van der Waals surface area contributed by atoms with Crippen molar-refractivity contribution in [2.75, 3.05) is 158 Å². The predicted molar refractivity (Wildman–Crippen MR) is 452 cm³/mol. The number of aliphatic hydroxyl groups excluding tert-OH is 1. The van der Waals surface area contributed by atoms with Gasteiger partial charge in [-0.05, 0) is 139 Å². The standard InChI is InChI=1S/C19H41N3.C18H40N4.C13H29N3.C6H11BrO2.C6H13Br.C6H15N3.C6H13NO2.CH4O.CH4.BrH.HNO2.Na/c1-7-11-12-13-18(5)21-15-14-20(8-2)16-19(6,17-21)22(9-3)10-4;1-6-20-13-14-21(17(4)11-9-10-12-19)16-18(5,15-20)22(7-2)8-3;1-4-5-6-7-12(2)16-9-8-15-10-13(3,14)11-16;1-2-3-4-5(7)6(8)9;1-3-4-5-6(2)7;1-6(7)4-8-2-3-9-5-6;1-2-3-4-5(7)6(8)9;1-2;;;2-1-3;/h18H,7-17H2,1-6H3;17H,6-16,19H2,1-5H3;12,15H,4-11,14H2,1-3H3;5H,2-4H2,1H3,(H,8,9);6H,3-5H2,1-2H3;8-9H,2-5,7H2,1H3;5H,2-4,7H2,1H3,(H,8,9);2H,1H3;1H4;1H;(H,2,3);/q;;;;;;;;;;;+1/p-1/t;;;5-;6-;;5-;;;;;/m...01.0...../s1. The molecule has 0 aliphatic carbocycles. The van der Waals surface area contributed by atoms with Crippen molar-refractivity contribution < 1.29 is 54.5 Å². The minimum Gasteiger partial charge on any atom is -0.480 e. The maximum atomic E-state index is 10.2. The van der Waals surface area contributed by atoms with Crippen LogP contribution in [0, 0.1) is 10.1 Å². The molecule has 4 aliphatic rings. The van der Waals surface area contributed by atoms with Crippen LogP contribution >= 0.6 is 48.8 Å². The Labute approximate surface area is 679 Å². The summed E-state index contributed by atoms with van der Waals surface area (Å²) in [6, 6.07) is 1.40. The quantitative estimate of drug-likeness (QED) is 0.00941. The van der Waals surface area contributed by atoms with Crippen molar-refractivity contribution in [2.45, 2.75) is 323 Å². The van der Waals surface area contributed by atoms with Gasteiger partial charge in [-0.3, -0.25) is 34.1 Å². The van der Waals surface area contributed by atoms with Gasteiger partial charge in [0, 0.05) is 157 Å². The smallest absolute Gasteiger partial charge is 0.480 e. The van der Waals surface area contributed by atoms with Crippen molar-refractivity contribution in [3.63, 3.8) is 0 Å². The Balaban J connectivity index is -0.000000172. The molecule has 4 aliphatic heterocycles. The maximum absolute atomic E-state index is 10.2. The van der Waals surface area contributed by atoms with Gasteiger partial charge < -0.3 is 74.1 Å². The third-order valence-corrected chi connectivity index (χ3v) is 20.7. The van der Waals surface area contributed by atoms with E-state index in [-0.39, 0.29) is 80.9 Å². The molecule has 0 bridgehead atoms. The van der Waals surface area contributed by atoms with Gasteiger partial charge in [0.05, 0.1) is 0 Å². The van der Waals surface area contributed by atoms with E-state index in [1.54, 1.807) is 0 Å². The molecule has 0 saturated carbocycles. The Morgan fingerprint density at radius 2 is 0.843 bits per heavy atom. The van der Waals surface area contributed by atoms with Crippen molar-refractivity contribution >= 4 is 60.8 Å². The second-order valence-corrected chi connectivity index (χ2v) is 31.8. The van der Waals surface area contributed by atoms with Crippen LogP contribution in [0.5, 0.6) is 0 Å². The Kier molecular flexibility index (Phi) is 87.0. The summed E-state index contributed by atoms with van der Waals surface area (Å²) in [7, 11) is 1.00. The van der Waals surface area contributed by atoms with Crippen LogP contribution in [-0.2, 0) is 9.59 Å². The summed E-state index contributed by atoms with van der Waals surface area (Å²) >= 11 is 6.52. The number of hydrogen-bond donors (Lipinski definition) is 10. The summed E-state index contributed by atoms with van der Waals surface area (Å²) in [5, 5.41) is 42.6. The van der Waals surface area contributed by atoms with Gasteiger partial charge in [0.1, 0.15) is 10.9 Å². The zero-order valence-corrected chi connectivity index (χ0v) is 76.3. The van der Waals surface area contributed by atoms with Crippen LogP contribution < -0.4 is 68.4 Å². The molecule has 102 heavy (non-hydrogen) atoms. The van der Waals surface area contributed by atoms with Gasteiger partial charge >= 0.3 is 41.5 Å². The van der Waals surface area contributed by atoms with Gasteiger partial charge in [-0.15, -0.1) is 22.3 Å². The van der Waals surface area contributed by atoms with Crippen LogP contribution in [0.4, 0.5) is 0 Å². The van der Waals surface area contributed by atoms with Crippen molar-refractivity contribution in [1.29, 1.82) is 0 Å². The zero-order chi connectivity index (χ0) is 76.9. The molecule has 6 unspecified atom stereocenters. The van der Waals surface area contributed by atoms with Crippen molar-refractivity contribution in [2.24, 2.45) is 28.3 Å². The predicted octanol–water partition coefficient (Wildman–Crippen LogP) is 10.1. The van der Waals surface area contributed by atoms with Crippen LogP contribution in [0.25, 0.3) is 0 Å². The van der Waals surface area contributed by atoms with Gasteiger partial charge in [0.25, 0.3) is 0 Å². The zero-order valence-electron chi connectivity index (χ0n) is 69.4. The number of rotatable bonds is 34. The fraction of sp³-hybridized carbons (Fsp3) is 0.974. The van der Waals surface area contributed by atoms with Gasteiger partial charge in [-0.2, -0.15) is 0 Å². The first kappa shape index (κ1) is 118. The van der Waals surface area contributed by atoms with Crippen LogP contribution in [0.3, 0.4) is 0 Å². The molecule has 4 saturated heterocycles. The number of carboxylic acids is 2. The van der Waals surface area contributed by atoms with E-state index in [4.69, 9.17) is 48.4 Å². The van der Waals surface area contributed by atoms with Gasteiger partial charge in [-0.1, -0.05) is 206 Å². The number of carboxylic acid groups (broad SMARTS) is 2. The summed E-state index contributed by atoms with van der Waals surface area (Å²) in [5.74, 6) is -1.66. The third-order valence-electron chi connectivity index (χ3n) is 19.4. The monoisotopic (exact) mass is 1670 g/mol. The number of aliphatic hydroxyl groups is 1. The van der Waals surface area contributed by atoms with E-state index in [0.29, 0.717) is 23.3 Å². The molecule has 4 rings (SSSR count). The minimum absolute atomic E-state index is 0. The van der Waals surface area contributed by atoms with Gasteiger partial charge in [0.15, 0.2) is 0 Å². The number of alkyl halides is 2. The Morgan fingerprint density at radius 1 is 0.510 bits per heavy atom. The van der Waals surface area contributed by atoms with Crippen molar-refractivity contribution in [3.05, 3.63) is 10.1 Å². The first-order valence-electron chi connectivity index (χ1n) is 39.3. The molecule has 0 amide bonds. The summed E-state index contributed by atoms with van der Waals surface area (Å²) < 4.78 is 0. The van der Waals surface area contributed by atoms with E-state index in [2.05, 4.69) is 200 Å². The molecule has 0 aromatic carbocycles. The Bertz CT molecular complexity index is 1730. The number of hydrogen-bond acceptors (Lipinski definition) is 20. The molecule has 0 aromatic rings. The van der Waals surface area contributed by atoms with Gasteiger partial charge in [0.2, 0.25) is 0 Å². The van der Waals surface area contributed by atoms with Crippen molar-refractivity contribution in [1.82, 2.24) is 50.2 Å². The minimum atomic E-state index is -0.900. The molecule has 4 heterocycles. The molecule has 9 atom stereocenters. The fourth-order valence-corrected chi connectivity index (χ4v) is 13.7. The number of unbranched alkanes of at least 4 members (excludes halogenated alkanes) is 8. The van der Waals surface area contributed by atoms with E-state index in [1.807, 2.05) is 13.8 Å². The fourth-order valence-electron chi connectivity index (χ4n) is 13.1. The molecule has 22 nitrogen and oxygen atoms in total. The van der Waals surface area contributed by atoms with Crippen LogP contribution in [0.2, 0.25) is 0 Å². The summed E-state index contributed by atoms with van der Waals surface area (Å²) in [6.45, 7) is 68.7. The second kappa shape index (κ2) is 75.2. The SMILES string of the molecule is Br.C.CC1(N)CNCCNC1.CCCCCC(C)N1CCN(CC)CC(C)(N(CC)CC)C1.CCCCCC(C)N1CCNCC(C)(N)C1.CCCC[C@@H](C)Br.CCCC[C@H](Br)C(=O)O.CCCC[C@H](N)C(=O)O.CCN1CCN(C(C)CCCCN)CC(C)(N(CC)CC)C1.CO.O=N[O-].[Na+]. The Hall–Kier alpha value is 0.180. The largest absolute Gasteiger partial charge is 1.00 e. The molecule has 4 fully saturated rings. The van der Waals surface area contributed by atoms with Crippen LogP contribution in [0.15, 0.2) is 5.34 Å². The second-order valence-electron chi connectivity index (χ2n) is 29.2. The molecular formula is C76H171Br3N15NaO7. The van der Waals surface area contributed by atoms with Crippen LogP contribution in [-0.4, -0.2) is 275 Å². The van der Waals surface area contributed by atoms with Gasteiger partial charge in [-0.25, -0.2) is 0 Å². The van der Waals surface area contributed by atoms with E-state index >= 15 is 0 Å². The number of nitrogens with two attached hydrogens (primary N) is 4. The number of aliphatic carboxylic acids is 2. The van der Waals surface area contributed by atoms with E-state index in [1.165, 1.54) is 142 Å².